The van der Waals surface area contributed by atoms with E-state index >= 15 is 0 Å². The highest BCUT2D eigenvalue weighted by molar-refractivity contribution is 6.14. The molecule has 4 aromatic carbocycles. The second-order valence-corrected chi connectivity index (χ2v) is 10.8. The summed E-state index contributed by atoms with van der Waals surface area (Å²) in [6.07, 6.45) is 6.82. The van der Waals surface area contributed by atoms with Gasteiger partial charge >= 0.3 is 0 Å². The molecule has 0 atom stereocenters. The van der Waals surface area contributed by atoms with Crippen molar-refractivity contribution < 1.29 is 4.39 Å². The van der Waals surface area contributed by atoms with Gasteiger partial charge in [-0.05, 0) is 91.1 Å². The first-order valence-electron chi connectivity index (χ1n) is 13.0. The van der Waals surface area contributed by atoms with E-state index in [1.54, 1.807) is 0 Å². The molecule has 0 fully saturated rings. The van der Waals surface area contributed by atoms with E-state index in [9.17, 15) is 4.39 Å². The Morgan fingerprint density at radius 1 is 0.838 bits per heavy atom. The fourth-order valence-electron chi connectivity index (χ4n) is 6.44. The van der Waals surface area contributed by atoms with Gasteiger partial charge in [-0.25, -0.2) is 4.39 Å². The van der Waals surface area contributed by atoms with Crippen LogP contribution < -0.4 is 4.90 Å². The van der Waals surface area contributed by atoms with E-state index in [2.05, 4.69) is 103 Å². The molecule has 5 aromatic rings. The Kier molecular flexibility index (Phi) is 4.75. The minimum Gasteiger partial charge on any atom is -0.310 e. The van der Waals surface area contributed by atoms with Crippen molar-refractivity contribution in [3.05, 3.63) is 120 Å². The molecule has 0 saturated heterocycles. The van der Waals surface area contributed by atoms with Gasteiger partial charge in [-0.3, -0.25) is 0 Å². The Balaban J connectivity index is 1.53. The summed E-state index contributed by atoms with van der Waals surface area (Å²) in [5, 5.41) is 2.51. The lowest BCUT2D eigenvalue weighted by Crippen LogP contribution is -2.28. The Labute approximate surface area is 217 Å². The van der Waals surface area contributed by atoms with Gasteiger partial charge < -0.3 is 9.47 Å². The molecule has 0 spiro atoms. The zero-order valence-electron chi connectivity index (χ0n) is 21.4. The van der Waals surface area contributed by atoms with Crippen molar-refractivity contribution in [1.29, 1.82) is 0 Å². The molecule has 1 aromatic heterocycles. The maximum atomic E-state index is 13.9. The lowest BCUT2D eigenvalue weighted by atomic mass is 9.71. The molecule has 1 aliphatic carbocycles. The lowest BCUT2D eigenvalue weighted by molar-refractivity contribution is 0.585. The average molecular weight is 485 g/mol. The average Bonchev–Trinajstić information content (AvgIpc) is 3.24. The van der Waals surface area contributed by atoms with E-state index in [-0.39, 0.29) is 11.2 Å². The fourth-order valence-corrected chi connectivity index (χ4v) is 6.44. The van der Waals surface area contributed by atoms with Crippen LogP contribution in [0.5, 0.6) is 0 Å². The van der Waals surface area contributed by atoms with Crippen molar-refractivity contribution in [1.82, 2.24) is 4.57 Å². The first kappa shape index (κ1) is 22.1. The van der Waals surface area contributed by atoms with Crippen LogP contribution in [0.1, 0.15) is 37.8 Å². The zero-order valence-corrected chi connectivity index (χ0v) is 21.4. The van der Waals surface area contributed by atoms with Crippen molar-refractivity contribution in [2.75, 3.05) is 4.90 Å². The number of allylic oxidation sites excluding steroid dienone is 4. The van der Waals surface area contributed by atoms with E-state index in [1.807, 2.05) is 12.1 Å². The van der Waals surface area contributed by atoms with Crippen LogP contribution in [0.15, 0.2) is 103 Å². The summed E-state index contributed by atoms with van der Waals surface area (Å²) in [6, 6.07) is 28.7. The second kappa shape index (κ2) is 7.94. The number of rotatable bonds is 3. The molecular formula is C34H29FN2. The van der Waals surface area contributed by atoms with Crippen LogP contribution in [0.25, 0.3) is 27.5 Å². The third-order valence-electron chi connectivity index (χ3n) is 8.28. The monoisotopic (exact) mass is 484 g/mol. The minimum absolute atomic E-state index is 0.00585. The molecule has 0 N–H and O–H groups in total. The SMILES string of the molecule is Cc1ccccc1N(c1ccc(F)cc1)c1ccc2c(c1)c1cccc3c1n2C1=C(CCC=C1)C3(C)C. The first-order chi connectivity index (χ1) is 17.9. The molecule has 7 rings (SSSR count). The molecule has 0 radical (unpaired) electrons. The number of nitrogens with zero attached hydrogens (tertiary/aromatic N) is 2. The summed E-state index contributed by atoms with van der Waals surface area (Å²) in [4.78, 5) is 2.23. The molecule has 2 nitrogen and oxygen atoms in total. The van der Waals surface area contributed by atoms with Gasteiger partial charge in [-0.15, -0.1) is 0 Å². The number of hydrogen-bond acceptors (Lipinski definition) is 1. The van der Waals surface area contributed by atoms with Gasteiger partial charge in [0, 0.05) is 38.9 Å². The highest BCUT2D eigenvalue weighted by Crippen LogP contribution is 2.50. The van der Waals surface area contributed by atoms with Crippen LogP contribution in [-0.4, -0.2) is 4.57 Å². The zero-order chi connectivity index (χ0) is 25.3. The number of anilines is 3. The number of aromatic nitrogens is 1. The van der Waals surface area contributed by atoms with Crippen LogP contribution in [0, 0.1) is 12.7 Å². The molecule has 3 heteroatoms. The molecular weight excluding hydrogens is 455 g/mol. The molecule has 0 unspecified atom stereocenters. The van der Waals surface area contributed by atoms with E-state index in [1.165, 1.54) is 56.3 Å². The normalized spacial score (nSPS) is 15.9. The van der Waals surface area contributed by atoms with E-state index in [4.69, 9.17) is 0 Å². The number of halogens is 1. The largest absolute Gasteiger partial charge is 0.310 e. The minimum atomic E-state index is -0.231. The van der Waals surface area contributed by atoms with Crippen LogP contribution in [0.2, 0.25) is 0 Å². The number of hydrogen-bond donors (Lipinski definition) is 0. The standard InChI is InChI=1S/C34H29FN2/c1-22-9-4-6-13-30(22)36(24-17-15-23(35)16-18-24)25-19-20-31-27(21-25)26-10-8-12-29-33(26)37(31)32-14-7-5-11-28(32)34(29,2)3/h4,6-10,12-21H,5,11H2,1-3H3. The maximum Gasteiger partial charge on any atom is 0.123 e. The third kappa shape index (κ3) is 3.16. The summed E-state index contributed by atoms with van der Waals surface area (Å²) in [6.45, 7) is 6.87. The molecule has 2 aliphatic rings. The highest BCUT2D eigenvalue weighted by atomic mass is 19.1. The molecule has 182 valence electrons. The highest BCUT2D eigenvalue weighted by Gasteiger charge is 2.36. The summed E-state index contributed by atoms with van der Waals surface area (Å²) >= 11 is 0. The van der Waals surface area contributed by atoms with Crippen molar-refractivity contribution in [3.8, 4) is 0 Å². The topological polar surface area (TPSA) is 8.17 Å². The second-order valence-electron chi connectivity index (χ2n) is 10.8. The maximum absolute atomic E-state index is 13.9. The quantitative estimate of drug-likeness (QED) is 0.247. The molecule has 2 heterocycles. The molecule has 0 bridgehead atoms. The number of aryl methyl sites for hydroxylation is 1. The fraction of sp³-hybridized carbons (Fsp3) is 0.176. The molecule has 0 saturated carbocycles. The summed E-state index contributed by atoms with van der Waals surface area (Å²) in [5.74, 6) is -0.231. The Bertz CT molecular complexity index is 1770. The van der Waals surface area contributed by atoms with E-state index < -0.39 is 0 Å². The van der Waals surface area contributed by atoms with Gasteiger partial charge in [0.15, 0.2) is 0 Å². The molecule has 1 aliphatic heterocycles. The van der Waals surface area contributed by atoms with Crippen LogP contribution >= 0.6 is 0 Å². The van der Waals surface area contributed by atoms with E-state index in [0.29, 0.717) is 0 Å². The predicted molar refractivity (Wildman–Crippen MR) is 153 cm³/mol. The van der Waals surface area contributed by atoms with Gasteiger partial charge in [-0.1, -0.05) is 56.3 Å². The summed E-state index contributed by atoms with van der Waals surface area (Å²) < 4.78 is 16.4. The first-order valence-corrected chi connectivity index (χ1v) is 13.0. The summed E-state index contributed by atoms with van der Waals surface area (Å²) in [5.41, 5.74) is 11.0. The number of benzene rings is 4. The van der Waals surface area contributed by atoms with Crippen molar-refractivity contribution in [2.24, 2.45) is 0 Å². The Hall–Kier alpha value is -4.11. The lowest BCUT2D eigenvalue weighted by Gasteiger charge is -2.37. The predicted octanol–water partition coefficient (Wildman–Crippen LogP) is 9.56. The van der Waals surface area contributed by atoms with Crippen molar-refractivity contribution in [3.63, 3.8) is 0 Å². The Morgan fingerprint density at radius 3 is 2.43 bits per heavy atom. The summed E-state index contributed by atoms with van der Waals surface area (Å²) in [7, 11) is 0. The van der Waals surface area contributed by atoms with Crippen LogP contribution in [-0.2, 0) is 5.41 Å². The van der Waals surface area contributed by atoms with Crippen molar-refractivity contribution >= 4 is 44.6 Å². The van der Waals surface area contributed by atoms with E-state index in [0.717, 1.165) is 29.9 Å². The van der Waals surface area contributed by atoms with Crippen molar-refractivity contribution in [2.45, 2.75) is 39.0 Å². The molecule has 0 amide bonds. The third-order valence-corrected chi connectivity index (χ3v) is 8.28. The van der Waals surface area contributed by atoms with Crippen LogP contribution in [0.4, 0.5) is 21.5 Å². The van der Waals surface area contributed by atoms with Gasteiger partial charge in [0.05, 0.1) is 11.0 Å². The number of para-hydroxylation sites is 2. The van der Waals surface area contributed by atoms with Gasteiger partial charge in [0.25, 0.3) is 0 Å². The van der Waals surface area contributed by atoms with Gasteiger partial charge in [-0.2, -0.15) is 0 Å². The smallest absolute Gasteiger partial charge is 0.123 e. The molecule has 37 heavy (non-hydrogen) atoms. The number of fused-ring (bicyclic) bond motifs is 4. The van der Waals surface area contributed by atoms with Gasteiger partial charge in [0.1, 0.15) is 5.82 Å². The van der Waals surface area contributed by atoms with Crippen LogP contribution in [0.3, 0.4) is 0 Å². The van der Waals surface area contributed by atoms with Gasteiger partial charge in [0.2, 0.25) is 0 Å². The Morgan fingerprint density at radius 2 is 1.62 bits per heavy atom.